The fraction of sp³-hybridized carbons (Fsp3) is 0.385. The minimum atomic E-state index is -0.150. The van der Waals surface area contributed by atoms with E-state index in [0.29, 0.717) is 12.2 Å². The van der Waals surface area contributed by atoms with Gasteiger partial charge >= 0.3 is 0 Å². The third-order valence-corrected chi connectivity index (χ3v) is 3.90. The summed E-state index contributed by atoms with van der Waals surface area (Å²) >= 11 is 5.42. The Morgan fingerprint density at radius 1 is 1.50 bits per heavy atom. The van der Waals surface area contributed by atoms with E-state index in [0.717, 1.165) is 5.56 Å². The predicted octanol–water partition coefficient (Wildman–Crippen LogP) is 3.13. The van der Waals surface area contributed by atoms with Crippen LogP contribution in [0.3, 0.4) is 0 Å². The molecule has 1 aromatic carbocycles. The molecule has 0 radical (unpaired) electrons. The van der Waals surface area contributed by atoms with Crippen molar-refractivity contribution in [3.63, 3.8) is 0 Å². The van der Waals surface area contributed by atoms with Crippen molar-refractivity contribution in [2.75, 3.05) is 5.75 Å². The Hall–Kier alpha value is -0.940. The zero-order valence-corrected chi connectivity index (χ0v) is 11.8. The first-order chi connectivity index (χ1) is 8.59. The third-order valence-electron chi connectivity index (χ3n) is 2.80. The molecule has 1 saturated heterocycles. The maximum Gasteiger partial charge on any atom is 0.288 e. The van der Waals surface area contributed by atoms with E-state index >= 15 is 0 Å². The molecule has 2 rings (SSSR count). The first-order valence-electron chi connectivity index (χ1n) is 5.81. The predicted molar refractivity (Wildman–Crippen MR) is 76.9 cm³/mol. The van der Waals surface area contributed by atoms with Gasteiger partial charge in [-0.3, -0.25) is 14.5 Å². The Labute approximate surface area is 116 Å². The Balaban J connectivity index is 2.20. The van der Waals surface area contributed by atoms with Crippen LogP contribution in [0.2, 0.25) is 0 Å². The quantitative estimate of drug-likeness (QED) is 0.865. The number of rotatable bonds is 3. The Bertz CT molecular complexity index is 448. The molecule has 0 N–H and O–H groups in total. The van der Waals surface area contributed by atoms with Gasteiger partial charge in [-0.25, -0.2) is 0 Å². The van der Waals surface area contributed by atoms with Gasteiger partial charge in [-0.2, -0.15) is 12.6 Å². The number of hydrogen-bond donors (Lipinski definition) is 1. The number of carbonyl (C=O) groups is 2. The lowest BCUT2D eigenvalue weighted by Gasteiger charge is -2.22. The SMILES string of the molecule is C[C@@H](S)CC(=O)N1C(=O)SC[C@@H]1c1ccccc1. The molecule has 1 aliphatic heterocycles. The van der Waals surface area contributed by atoms with Crippen molar-refractivity contribution in [3.8, 4) is 0 Å². The number of benzene rings is 1. The Kier molecular flexibility index (Phi) is 4.35. The van der Waals surface area contributed by atoms with E-state index in [1.54, 1.807) is 0 Å². The molecule has 0 aromatic heterocycles. The van der Waals surface area contributed by atoms with E-state index in [2.05, 4.69) is 12.6 Å². The van der Waals surface area contributed by atoms with Crippen LogP contribution in [0.5, 0.6) is 0 Å². The van der Waals surface area contributed by atoms with Crippen molar-refractivity contribution in [2.45, 2.75) is 24.6 Å². The fourth-order valence-corrected chi connectivity index (χ4v) is 3.14. The smallest absolute Gasteiger partial charge is 0.274 e. The lowest BCUT2D eigenvalue weighted by atomic mass is 10.1. The number of nitrogens with zero attached hydrogens (tertiary/aromatic N) is 1. The summed E-state index contributed by atoms with van der Waals surface area (Å²) in [6, 6.07) is 9.54. The van der Waals surface area contributed by atoms with Gasteiger partial charge in [0.1, 0.15) is 0 Å². The van der Waals surface area contributed by atoms with Crippen molar-refractivity contribution in [1.29, 1.82) is 0 Å². The van der Waals surface area contributed by atoms with Gasteiger partial charge in [0.15, 0.2) is 0 Å². The van der Waals surface area contributed by atoms with Crippen LogP contribution in [-0.2, 0) is 4.79 Å². The van der Waals surface area contributed by atoms with Crippen LogP contribution in [0.1, 0.15) is 24.9 Å². The molecule has 2 amide bonds. The van der Waals surface area contributed by atoms with Crippen molar-refractivity contribution in [3.05, 3.63) is 35.9 Å². The molecule has 5 heteroatoms. The molecule has 0 bridgehead atoms. The summed E-state index contributed by atoms with van der Waals surface area (Å²) in [4.78, 5) is 25.3. The highest BCUT2D eigenvalue weighted by atomic mass is 32.2. The summed E-state index contributed by atoms with van der Waals surface area (Å²) in [7, 11) is 0. The number of imide groups is 1. The summed E-state index contributed by atoms with van der Waals surface area (Å²) in [6.45, 7) is 1.85. The van der Waals surface area contributed by atoms with Crippen molar-refractivity contribution < 1.29 is 9.59 Å². The van der Waals surface area contributed by atoms with Gasteiger partial charge in [0.2, 0.25) is 5.91 Å². The van der Waals surface area contributed by atoms with Crippen LogP contribution in [0.4, 0.5) is 4.79 Å². The minimum absolute atomic E-state index is 0.0349. The summed E-state index contributed by atoms with van der Waals surface area (Å²) in [5, 5.41) is -0.185. The third kappa shape index (κ3) is 2.90. The molecule has 0 saturated carbocycles. The average molecular weight is 281 g/mol. The number of amides is 2. The minimum Gasteiger partial charge on any atom is -0.274 e. The van der Waals surface area contributed by atoms with Gasteiger partial charge in [0.05, 0.1) is 6.04 Å². The molecule has 0 spiro atoms. The Morgan fingerprint density at radius 2 is 2.17 bits per heavy atom. The number of carbonyl (C=O) groups excluding carboxylic acids is 2. The molecule has 18 heavy (non-hydrogen) atoms. The maximum absolute atomic E-state index is 12.1. The fourth-order valence-electron chi connectivity index (χ4n) is 1.97. The first kappa shape index (κ1) is 13.5. The molecule has 1 fully saturated rings. The van der Waals surface area contributed by atoms with E-state index in [4.69, 9.17) is 0 Å². The Morgan fingerprint density at radius 3 is 2.78 bits per heavy atom. The number of hydrogen-bond acceptors (Lipinski definition) is 4. The monoisotopic (exact) mass is 281 g/mol. The molecule has 0 unspecified atom stereocenters. The topological polar surface area (TPSA) is 37.4 Å². The average Bonchev–Trinajstić information content (AvgIpc) is 2.71. The van der Waals surface area contributed by atoms with Crippen LogP contribution in [0.15, 0.2) is 30.3 Å². The largest absolute Gasteiger partial charge is 0.288 e. The zero-order chi connectivity index (χ0) is 13.1. The lowest BCUT2D eigenvalue weighted by Crippen LogP contribution is -2.34. The summed E-state index contributed by atoms with van der Waals surface area (Å²) in [5.41, 5.74) is 1.01. The van der Waals surface area contributed by atoms with Crippen molar-refractivity contribution in [1.82, 2.24) is 4.90 Å². The molecule has 96 valence electrons. The van der Waals surface area contributed by atoms with E-state index in [-0.39, 0.29) is 22.4 Å². The van der Waals surface area contributed by atoms with Gasteiger partial charge in [0.25, 0.3) is 5.24 Å². The highest BCUT2D eigenvalue weighted by Crippen LogP contribution is 2.35. The molecule has 0 aliphatic carbocycles. The molecule has 1 heterocycles. The lowest BCUT2D eigenvalue weighted by molar-refractivity contribution is -0.129. The van der Waals surface area contributed by atoms with E-state index in [1.165, 1.54) is 16.7 Å². The first-order valence-corrected chi connectivity index (χ1v) is 7.31. The molecule has 1 aromatic rings. The van der Waals surface area contributed by atoms with Crippen LogP contribution < -0.4 is 0 Å². The van der Waals surface area contributed by atoms with Crippen LogP contribution in [0.25, 0.3) is 0 Å². The van der Waals surface area contributed by atoms with Crippen LogP contribution in [0, 0.1) is 0 Å². The standard InChI is InChI=1S/C13H15NO2S2/c1-9(17)7-12(15)14-11(8-18-13(14)16)10-5-3-2-4-6-10/h2-6,9,11,17H,7-8H2,1H3/t9-,11-/m1/s1. The highest BCUT2D eigenvalue weighted by Gasteiger charge is 2.37. The van der Waals surface area contributed by atoms with Gasteiger partial charge in [-0.1, -0.05) is 49.0 Å². The second-order valence-corrected chi connectivity index (χ2v) is 6.17. The van der Waals surface area contributed by atoms with E-state index < -0.39 is 0 Å². The summed E-state index contributed by atoms with van der Waals surface area (Å²) < 4.78 is 0. The number of thioether (sulfide) groups is 1. The molecular weight excluding hydrogens is 266 g/mol. The van der Waals surface area contributed by atoms with Crippen molar-refractivity contribution in [2.24, 2.45) is 0 Å². The van der Waals surface area contributed by atoms with Crippen LogP contribution in [-0.4, -0.2) is 27.0 Å². The number of thiol groups is 1. The summed E-state index contributed by atoms with van der Waals surface area (Å²) in [6.07, 6.45) is 0.290. The van der Waals surface area contributed by atoms with Gasteiger partial charge in [-0.15, -0.1) is 0 Å². The van der Waals surface area contributed by atoms with E-state index in [9.17, 15) is 9.59 Å². The molecule has 1 aliphatic rings. The highest BCUT2D eigenvalue weighted by molar-refractivity contribution is 8.13. The molecular formula is C13H15NO2S2. The van der Waals surface area contributed by atoms with Crippen molar-refractivity contribution >= 4 is 35.5 Å². The van der Waals surface area contributed by atoms with E-state index in [1.807, 2.05) is 37.3 Å². The summed E-state index contributed by atoms with van der Waals surface area (Å²) in [5.74, 6) is 0.497. The molecule has 2 atom stereocenters. The zero-order valence-electron chi connectivity index (χ0n) is 10.1. The van der Waals surface area contributed by atoms with Gasteiger partial charge in [-0.05, 0) is 5.56 Å². The maximum atomic E-state index is 12.1. The van der Waals surface area contributed by atoms with Gasteiger partial charge in [0, 0.05) is 17.4 Å². The molecule has 3 nitrogen and oxygen atoms in total. The van der Waals surface area contributed by atoms with Gasteiger partial charge < -0.3 is 0 Å². The second-order valence-electron chi connectivity index (χ2n) is 4.32. The normalized spacial score (nSPS) is 21.1. The second kappa shape index (κ2) is 5.80. The van der Waals surface area contributed by atoms with Crippen LogP contribution >= 0.6 is 24.4 Å².